The van der Waals surface area contributed by atoms with E-state index in [1.54, 1.807) is 7.05 Å². The van der Waals surface area contributed by atoms with E-state index < -0.39 is 5.69 Å². The van der Waals surface area contributed by atoms with Crippen molar-refractivity contribution in [3.63, 3.8) is 0 Å². The topological polar surface area (TPSA) is 61.8 Å². The third-order valence-electron chi connectivity index (χ3n) is 3.78. The fourth-order valence-corrected chi connectivity index (χ4v) is 3.28. The van der Waals surface area contributed by atoms with Crippen molar-refractivity contribution in [2.24, 2.45) is 14.1 Å². The monoisotopic (exact) mass is 350 g/mol. The number of fused-ring (bicyclic) bond motifs is 1. The molecule has 0 aliphatic carbocycles. The van der Waals surface area contributed by atoms with Crippen LogP contribution < -0.4 is 11.2 Å². The van der Waals surface area contributed by atoms with E-state index in [9.17, 15) is 9.59 Å². The van der Waals surface area contributed by atoms with Crippen LogP contribution in [0.2, 0.25) is 5.02 Å². The van der Waals surface area contributed by atoms with Crippen molar-refractivity contribution in [1.29, 1.82) is 0 Å². The number of hydrogen-bond donors (Lipinski definition) is 0. The summed E-state index contributed by atoms with van der Waals surface area (Å²) in [7, 11) is 3.08. The zero-order chi connectivity index (χ0) is 16.7. The van der Waals surface area contributed by atoms with Crippen LogP contribution in [0.3, 0.4) is 0 Å². The van der Waals surface area contributed by atoms with Gasteiger partial charge in [0.1, 0.15) is 0 Å². The maximum absolute atomic E-state index is 12.6. The molecule has 0 saturated heterocycles. The van der Waals surface area contributed by atoms with Crippen molar-refractivity contribution in [3.05, 3.63) is 55.7 Å². The van der Waals surface area contributed by atoms with Gasteiger partial charge in [0.2, 0.25) is 0 Å². The molecule has 0 radical (unpaired) electrons. The van der Waals surface area contributed by atoms with E-state index >= 15 is 0 Å². The van der Waals surface area contributed by atoms with Crippen molar-refractivity contribution in [2.45, 2.75) is 11.7 Å². The van der Waals surface area contributed by atoms with Gasteiger partial charge in [-0.15, -0.1) is 0 Å². The van der Waals surface area contributed by atoms with E-state index in [-0.39, 0.29) is 5.56 Å². The summed E-state index contributed by atoms with van der Waals surface area (Å²) in [5, 5.41) is 1.29. The first-order valence-corrected chi connectivity index (χ1v) is 8.49. The Morgan fingerprint density at radius 2 is 1.87 bits per heavy atom. The Balaban J connectivity index is 2.34. The summed E-state index contributed by atoms with van der Waals surface area (Å²) in [5.74, 6) is 0. The summed E-state index contributed by atoms with van der Waals surface area (Å²) >= 11 is 7.66. The van der Waals surface area contributed by atoms with Gasteiger partial charge in [0, 0.05) is 19.1 Å². The van der Waals surface area contributed by atoms with E-state index in [4.69, 9.17) is 11.6 Å². The predicted molar refractivity (Wildman–Crippen MR) is 92.6 cm³/mol. The highest BCUT2D eigenvalue weighted by Crippen LogP contribution is 2.23. The smallest absolute Gasteiger partial charge is 0.309 e. The molecule has 120 valence electrons. The summed E-state index contributed by atoms with van der Waals surface area (Å²) in [6.07, 6.45) is 1.88. The summed E-state index contributed by atoms with van der Waals surface area (Å²) in [6, 6.07) is 7.47. The number of halogens is 1. The van der Waals surface area contributed by atoms with Crippen LogP contribution in [0.1, 0.15) is 5.56 Å². The van der Waals surface area contributed by atoms with E-state index in [0.717, 1.165) is 10.1 Å². The number of rotatable bonds is 3. The van der Waals surface area contributed by atoms with Gasteiger partial charge in [0.25, 0.3) is 5.56 Å². The summed E-state index contributed by atoms with van der Waals surface area (Å²) in [4.78, 5) is 29.1. The Morgan fingerprint density at radius 3 is 2.52 bits per heavy atom. The van der Waals surface area contributed by atoms with E-state index in [2.05, 4.69) is 4.98 Å². The Bertz CT molecular complexity index is 1020. The van der Waals surface area contributed by atoms with Gasteiger partial charge in [-0.05, 0) is 17.9 Å². The minimum Gasteiger partial charge on any atom is -0.309 e. The zero-order valence-electron chi connectivity index (χ0n) is 12.9. The Hall–Kier alpha value is -1.99. The molecule has 0 aliphatic heterocycles. The second kappa shape index (κ2) is 5.90. The van der Waals surface area contributed by atoms with Crippen LogP contribution in [0.25, 0.3) is 11.2 Å². The molecule has 0 bridgehead atoms. The maximum atomic E-state index is 12.6. The number of hydrogen-bond acceptors (Lipinski definition) is 4. The lowest BCUT2D eigenvalue weighted by molar-refractivity contribution is 0.697. The van der Waals surface area contributed by atoms with Gasteiger partial charge < -0.3 is 4.57 Å². The minimum absolute atomic E-state index is 0.358. The lowest BCUT2D eigenvalue weighted by Crippen LogP contribution is -2.37. The molecule has 23 heavy (non-hydrogen) atoms. The van der Waals surface area contributed by atoms with Crippen molar-refractivity contribution in [2.75, 3.05) is 6.26 Å². The zero-order valence-corrected chi connectivity index (χ0v) is 14.5. The summed E-state index contributed by atoms with van der Waals surface area (Å²) < 4.78 is 4.29. The highest BCUT2D eigenvalue weighted by Gasteiger charge is 2.19. The molecule has 0 saturated carbocycles. The number of imidazole rings is 1. The third kappa shape index (κ3) is 2.49. The molecule has 8 heteroatoms. The van der Waals surface area contributed by atoms with Gasteiger partial charge in [0.15, 0.2) is 16.3 Å². The first-order valence-electron chi connectivity index (χ1n) is 6.89. The fourth-order valence-electron chi connectivity index (χ4n) is 2.53. The van der Waals surface area contributed by atoms with Crippen molar-refractivity contribution in [3.8, 4) is 0 Å². The van der Waals surface area contributed by atoms with Gasteiger partial charge >= 0.3 is 5.69 Å². The van der Waals surface area contributed by atoms with Crippen LogP contribution in [0.15, 0.2) is 39.0 Å². The second-order valence-electron chi connectivity index (χ2n) is 5.15. The molecule has 2 heterocycles. The quantitative estimate of drug-likeness (QED) is 0.676. The molecule has 2 aromatic heterocycles. The Kier molecular flexibility index (Phi) is 4.08. The SMILES string of the molecule is CSc1nc2c(c(=O)n(C)c(=O)n2C)n1Cc1ccccc1Cl. The number of thioether (sulfide) groups is 1. The van der Waals surface area contributed by atoms with Crippen molar-refractivity contribution < 1.29 is 0 Å². The van der Waals surface area contributed by atoms with Gasteiger partial charge in [-0.1, -0.05) is 41.6 Å². The molecular weight excluding hydrogens is 336 g/mol. The molecule has 0 spiro atoms. The Labute approximate surface area is 141 Å². The van der Waals surface area contributed by atoms with Gasteiger partial charge in [0.05, 0.1) is 6.54 Å². The Morgan fingerprint density at radius 1 is 1.17 bits per heavy atom. The molecule has 0 unspecified atom stereocenters. The molecule has 0 aliphatic rings. The fraction of sp³-hybridized carbons (Fsp3) is 0.267. The largest absolute Gasteiger partial charge is 0.332 e. The molecule has 3 rings (SSSR count). The minimum atomic E-state index is -0.391. The van der Waals surface area contributed by atoms with Crippen LogP contribution in [0.4, 0.5) is 0 Å². The first kappa shape index (κ1) is 15.9. The number of aryl methyl sites for hydroxylation is 1. The molecule has 0 atom stereocenters. The number of nitrogens with zero attached hydrogens (tertiary/aromatic N) is 4. The van der Waals surface area contributed by atoms with Crippen LogP contribution in [0.5, 0.6) is 0 Å². The van der Waals surface area contributed by atoms with Gasteiger partial charge in [-0.2, -0.15) is 0 Å². The van der Waals surface area contributed by atoms with Gasteiger partial charge in [-0.3, -0.25) is 13.9 Å². The number of benzene rings is 1. The highest BCUT2D eigenvalue weighted by atomic mass is 35.5. The number of aromatic nitrogens is 4. The molecule has 0 N–H and O–H groups in total. The molecule has 0 fully saturated rings. The lowest BCUT2D eigenvalue weighted by Gasteiger charge is -2.09. The average Bonchev–Trinajstić information content (AvgIpc) is 2.91. The lowest BCUT2D eigenvalue weighted by atomic mass is 10.2. The maximum Gasteiger partial charge on any atom is 0.332 e. The van der Waals surface area contributed by atoms with Crippen molar-refractivity contribution >= 4 is 34.5 Å². The normalized spacial score (nSPS) is 11.3. The predicted octanol–water partition coefficient (Wildman–Crippen LogP) is 1.86. The third-order valence-corrected chi connectivity index (χ3v) is 4.83. The molecule has 1 aromatic carbocycles. The van der Waals surface area contributed by atoms with Crippen LogP contribution in [-0.2, 0) is 20.6 Å². The van der Waals surface area contributed by atoms with Gasteiger partial charge in [-0.25, -0.2) is 9.78 Å². The molecule has 6 nitrogen and oxygen atoms in total. The molecule has 0 amide bonds. The van der Waals surface area contributed by atoms with E-state index in [1.807, 2.05) is 35.1 Å². The van der Waals surface area contributed by atoms with Crippen molar-refractivity contribution in [1.82, 2.24) is 18.7 Å². The summed E-state index contributed by atoms with van der Waals surface area (Å²) in [6.45, 7) is 0.416. The highest BCUT2D eigenvalue weighted by molar-refractivity contribution is 7.98. The molecule has 3 aromatic rings. The summed E-state index contributed by atoms with van der Waals surface area (Å²) in [5.41, 5.74) is 0.925. The van der Waals surface area contributed by atoms with E-state index in [1.165, 1.54) is 23.4 Å². The average molecular weight is 351 g/mol. The standard InChI is InChI=1S/C15H15ClN4O2S/c1-18-12-11(13(21)19(2)15(18)22)20(14(17-12)23-3)8-9-6-4-5-7-10(9)16/h4-7H,8H2,1-3H3. The van der Waals surface area contributed by atoms with Crippen LogP contribution >= 0.6 is 23.4 Å². The molecular formula is C15H15ClN4O2S. The first-order chi connectivity index (χ1) is 11.0. The van der Waals surface area contributed by atoms with Crippen LogP contribution in [0, 0.1) is 0 Å². The van der Waals surface area contributed by atoms with E-state index in [0.29, 0.717) is 27.9 Å². The second-order valence-corrected chi connectivity index (χ2v) is 6.33. The van der Waals surface area contributed by atoms with Crippen LogP contribution in [-0.4, -0.2) is 24.9 Å².